The molecule has 0 spiro atoms. The summed E-state index contributed by atoms with van der Waals surface area (Å²) in [6.45, 7) is 1.48. The summed E-state index contributed by atoms with van der Waals surface area (Å²) in [5, 5.41) is 20.7. The third-order valence-corrected chi connectivity index (χ3v) is 4.17. The van der Waals surface area contributed by atoms with Gasteiger partial charge in [0.1, 0.15) is 11.6 Å². The molecule has 19 heavy (non-hydrogen) atoms. The maximum absolute atomic E-state index is 10.8. The van der Waals surface area contributed by atoms with Gasteiger partial charge in [-0.15, -0.1) is 0 Å². The first-order chi connectivity index (χ1) is 9.04. The Labute approximate surface area is 110 Å². The highest BCUT2D eigenvalue weighted by molar-refractivity contribution is 5.54. The molecule has 1 saturated carbocycles. The molecule has 1 saturated heterocycles. The molecule has 7 nitrogen and oxygen atoms in total. The first-order valence-electron chi connectivity index (χ1n) is 6.39. The van der Waals surface area contributed by atoms with Crippen molar-refractivity contribution in [2.45, 2.75) is 18.9 Å². The zero-order valence-electron chi connectivity index (χ0n) is 10.4. The van der Waals surface area contributed by atoms with Gasteiger partial charge in [0.05, 0.1) is 23.2 Å². The molecule has 7 heteroatoms. The molecule has 1 aromatic heterocycles. The van der Waals surface area contributed by atoms with Gasteiger partial charge in [-0.3, -0.25) is 10.1 Å². The first-order valence-corrected chi connectivity index (χ1v) is 6.39. The van der Waals surface area contributed by atoms with E-state index in [0.29, 0.717) is 18.3 Å². The topological polar surface area (TPSA) is 106 Å². The van der Waals surface area contributed by atoms with Gasteiger partial charge in [0.2, 0.25) is 0 Å². The van der Waals surface area contributed by atoms with Crippen molar-refractivity contribution in [1.29, 1.82) is 0 Å². The highest BCUT2D eigenvalue weighted by Crippen LogP contribution is 2.40. The van der Waals surface area contributed by atoms with E-state index in [9.17, 15) is 15.2 Å². The van der Waals surface area contributed by atoms with E-state index in [1.165, 1.54) is 12.1 Å². The molecule has 1 aromatic rings. The molecule has 0 radical (unpaired) electrons. The normalized spacial score (nSPS) is 29.5. The van der Waals surface area contributed by atoms with Gasteiger partial charge in [-0.1, -0.05) is 0 Å². The predicted molar refractivity (Wildman–Crippen MR) is 69.7 cm³/mol. The molecule has 3 atom stereocenters. The Morgan fingerprint density at radius 3 is 2.89 bits per heavy atom. The average Bonchev–Trinajstić information content (AvgIpc) is 2.91. The number of aliphatic hydroxyl groups is 1. The van der Waals surface area contributed by atoms with Crippen LogP contribution in [0.15, 0.2) is 12.1 Å². The van der Waals surface area contributed by atoms with Crippen LogP contribution >= 0.6 is 0 Å². The number of anilines is 2. The van der Waals surface area contributed by atoms with Gasteiger partial charge in [0.25, 0.3) is 5.69 Å². The SMILES string of the molecule is Nc1cc([N+](=O)[O-])cc(N2CC3CCC(O)C3C2)n1. The Kier molecular flexibility index (Phi) is 2.78. The van der Waals surface area contributed by atoms with Crippen molar-refractivity contribution in [2.24, 2.45) is 11.8 Å². The third-order valence-electron chi connectivity index (χ3n) is 4.17. The zero-order valence-corrected chi connectivity index (χ0v) is 10.4. The highest BCUT2D eigenvalue weighted by atomic mass is 16.6. The van der Waals surface area contributed by atoms with Crippen LogP contribution in [0, 0.1) is 22.0 Å². The van der Waals surface area contributed by atoms with Crippen molar-refractivity contribution < 1.29 is 10.0 Å². The van der Waals surface area contributed by atoms with Crippen molar-refractivity contribution in [3.05, 3.63) is 22.2 Å². The Balaban J connectivity index is 1.86. The monoisotopic (exact) mass is 264 g/mol. The molecule has 3 N–H and O–H groups in total. The van der Waals surface area contributed by atoms with Gasteiger partial charge in [0.15, 0.2) is 0 Å². The number of nitrogens with zero attached hydrogens (tertiary/aromatic N) is 3. The Morgan fingerprint density at radius 2 is 2.21 bits per heavy atom. The summed E-state index contributed by atoms with van der Waals surface area (Å²) in [6.07, 6.45) is 1.60. The molecule has 0 aromatic carbocycles. The minimum absolute atomic E-state index is 0.0416. The summed E-state index contributed by atoms with van der Waals surface area (Å²) in [7, 11) is 0. The number of hydrogen-bond donors (Lipinski definition) is 2. The van der Waals surface area contributed by atoms with Gasteiger partial charge in [-0.05, 0) is 18.8 Å². The maximum atomic E-state index is 10.8. The number of nitrogens with two attached hydrogens (primary N) is 1. The van der Waals surface area contributed by atoms with Crippen molar-refractivity contribution >= 4 is 17.3 Å². The molecule has 0 bridgehead atoms. The lowest BCUT2D eigenvalue weighted by molar-refractivity contribution is -0.384. The average molecular weight is 264 g/mol. The lowest BCUT2D eigenvalue weighted by Gasteiger charge is -2.19. The van der Waals surface area contributed by atoms with Crippen LogP contribution in [-0.4, -0.2) is 34.2 Å². The molecule has 0 amide bonds. The van der Waals surface area contributed by atoms with Crippen molar-refractivity contribution in [3.8, 4) is 0 Å². The van der Waals surface area contributed by atoms with Crippen LogP contribution in [0.3, 0.4) is 0 Å². The fraction of sp³-hybridized carbons (Fsp3) is 0.583. The Hall–Kier alpha value is -1.89. The third kappa shape index (κ3) is 2.10. The van der Waals surface area contributed by atoms with E-state index in [0.717, 1.165) is 19.4 Å². The van der Waals surface area contributed by atoms with E-state index < -0.39 is 4.92 Å². The van der Waals surface area contributed by atoms with Crippen LogP contribution in [0.5, 0.6) is 0 Å². The summed E-state index contributed by atoms with van der Waals surface area (Å²) < 4.78 is 0. The summed E-state index contributed by atoms with van der Waals surface area (Å²) >= 11 is 0. The van der Waals surface area contributed by atoms with E-state index in [4.69, 9.17) is 5.73 Å². The molecule has 3 unspecified atom stereocenters. The number of pyridine rings is 1. The van der Waals surface area contributed by atoms with Gasteiger partial charge in [-0.2, -0.15) is 0 Å². The fourth-order valence-corrected chi connectivity index (χ4v) is 3.21. The zero-order chi connectivity index (χ0) is 13.6. The number of nitrogen functional groups attached to an aromatic ring is 1. The summed E-state index contributed by atoms with van der Waals surface area (Å²) in [6, 6.07) is 2.71. The summed E-state index contributed by atoms with van der Waals surface area (Å²) in [4.78, 5) is 16.5. The van der Waals surface area contributed by atoms with Gasteiger partial charge < -0.3 is 15.7 Å². The maximum Gasteiger partial charge on any atom is 0.276 e. The smallest absolute Gasteiger partial charge is 0.276 e. The fourth-order valence-electron chi connectivity index (χ4n) is 3.21. The molecule has 2 fully saturated rings. The van der Waals surface area contributed by atoms with Crippen LogP contribution < -0.4 is 10.6 Å². The van der Waals surface area contributed by atoms with Crippen LogP contribution in [0.2, 0.25) is 0 Å². The number of aromatic nitrogens is 1. The van der Waals surface area contributed by atoms with Crippen LogP contribution in [0.4, 0.5) is 17.3 Å². The molecule has 3 rings (SSSR count). The standard InChI is InChI=1S/C12H16N4O3/c13-11-3-8(16(18)19)4-12(14-11)15-5-7-1-2-10(17)9(7)6-15/h3-4,7,9-10,17H,1-2,5-6H2,(H2,13,14). The second-order valence-corrected chi connectivity index (χ2v) is 5.34. The quantitative estimate of drug-likeness (QED) is 0.604. The molecule has 2 heterocycles. The second kappa shape index (κ2) is 4.34. The minimum atomic E-state index is -0.465. The Morgan fingerprint density at radius 1 is 1.42 bits per heavy atom. The number of fused-ring (bicyclic) bond motifs is 1. The van der Waals surface area contributed by atoms with E-state index >= 15 is 0 Å². The molecular weight excluding hydrogens is 248 g/mol. The van der Waals surface area contributed by atoms with E-state index in [-0.39, 0.29) is 23.5 Å². The number of aliphatic hydroxyl groups excluding tert-OH is 1. The van der Waals surface area contributed by atoms with Gasteiger partial charge in [0, 0.05) is 19.0 Å². The molecule has 2 aliphatic rings. The minimum Gasteiger partial charge on any atom is -0.393 e. The number of rotatable bonds is 2. The predicted octanol–water partition coefficient (Wildman–Crippen LogP) is 0.779. The summed E-state index contributed by atoms with van der Waals surface area (Å²) in [5.41, 5.74) is 5.57. The van der Waals surface area contributed by atoms with Crippen molar-refractivity contribution in [1.82, 2.24) is 4.98 Å². The lowest BCUT2D eigenvalue weighted by atomic mass is 10.00. The number of hydrogen-bond acceptors (Lipinski definition) is 6. The van der Waals surface area contributed by atoms with E-state index in [1.54, 1.807) is 0 Å². The largest absolute Gasteiger partial charge is 0.393 e. The van der Waals surface area contributed by atoms with Crippen molar-refractivity contribution in [3.63, 3.8) is 0 Å². The second-order valence-electron chi connectivity index (χ2n) is 5.34. The number of nitro groups is 1. The molecular formula is C12H16N4O3. The molecule has 102 valence electrons. The van der Waals surface area contributed by atoms with Crippen LogP contribution in [-0.2, 0) is 0 Å². The van der Waals surface area contributed by atoms with Crippen LogP contribution in [0.1, 0.15) is 12.8 Å². The highest BCUT2D eigenvalue weighted by Gasteiger charge is 2.42. The van der Waals surface area contributed by atoms with Crippen LogP contribution in [0.25, 0.3) is 0 Å². The lowest BCUT2D eigenvalue weighted by Crippen LogP contribution is -2.25. The van der Waals surface area contributed by atoms with Crippen molar-refractivity contribution in [2.75, 3.05) is 23.7 Å². The molecule has 1 aliphatic carbocycles. The van der Waals surface area contributed by atoms with E-state index in [1.807, 2.05) is 4.90 Å². The Bertz CT molecular complexity index is 522. The molecule has 1 aliphatic heterocycles. The van der Waals surface area contributed by atoms with Gasteiger partial charge in [-0.25, -0.2) is 4.98 Å². The summed E-state index contributed by atoms with van der Waals surface area (Å²) in [5.74, 6) is 1.40. The van der Waals surface area contributed by atoms with E-state index in [2.05, 4.69) is 4.98 Å². The first kappa shape index (κ1) is 12.2. The van der Waals surface area contributed by atoms with Gasteiger partial charge >= 0.3 is 0 Å².